The third kappa shape index (κ3) is 9.59. The lowest BCUT2D eigenvalue weighted by Gasteiger charge is -2.58. The van der Waals surface area contributed by atoms with Crippen LogP contribution < -0.4 is 14.8 Å². The smallest absolute Gasteiger partial charge is 0.338 e. The molecule has 0 spiro atoms. The van der Waals surface area contributed by atoms with Crippen LogP contribution in [0.3, 0.4) is 0 Å². The second kappa shape index (κ2) is 18.8. The highest BCUT2D eigenvalue weighted by Crippen LogP contribution is 2.67. The van der Waals surface area contributed by atoms with E-state index in [1.807, 2.05) is 18.2 Å². The molecule has 3 fully saturated rings. The number of carbonyl (C=O) groups excluding carboxylic acids is 2. The van der Waals surface area contributed by atoms with Gasteiger partial charge >= 0.3 is 5.97 Å². The summed E-state index contributed by atoms with van der Waals surface area (Å²) in [6.45, 7) is 15.3. The zero-order chi connectivity index (χ0) is 39.9. The molecule has 0 bridgehead atoms. The van der Waals surface area contributed by atoms with E-state index >= 15 is 0 Å². The van der Waals surface area contributed by atoms with Gasteiger partial charge in [-0.25, -0.2) is 4.79 Å². The third-order valence-electron chi connectivity index (χ3n) is 14.8. The molecule has 306 valence electrons. The SMILES string of the molecule is CCCCCCOc1ccc(/C=C/C(=O)Nc2ccc(C(=O)OC3CC[C@@]4(C)C(=CC[C@H]5[C@@H]6CC[C@H]([C@H](C)CCCC(C)C)[C@@]6(C)CC[C@@H]54)C3)cc2)cc1OC. The van der Waals surface area contributed by atoms with Gasteiger partial charge in [-0.3, -0.25) is 4.79 Å². The number of methoxy groups -OCH3 is 1. The van der Waals surface area contributed by atoms with E-state index in [-0.39, 0.29) is 23.4 Å². The van der Waals surface area contributed by atoms with Gasteiger partial charge in [0.1, 0.15) is 6.10 Å². The minimum atomic E-state index is -0.291. The number of amides is 1. The first kappa shape index (κ1) is 42.1. The van der Waals surface area contributed by atoms with E-state index < -0.39 is 0 Å². The molecule has 0 saturated heterocycles. The van der Waals surface area contributed by atoms with Crippen molar-refractivity contribution in [3.05, 3.63) is 71.3 Å². The predicted molar refractivity (Wildman–Crippen MR) is 229 cm³/mol. The van der Waals surface area contributed by atoms with Gasteiger partial charge in [0.25, 0.3) is 0 Å². The molecule has 0 aliphatic heterocycles. The largest absolute Gasteiger partial charge is 0.493 e. The van der Waals surface area contributed by atoms with E-state index in [0.29, 0.717) is 34.8 Å². The number of benzene rings is 2. The van der Waals surface area contributed by atoms with Gasteiger partial charge in [-0.2, -0.15) is 0 Å². The van der Waals surface area contributed by atoms with E-state index in [9.17, 15) is 9.59 Å². The van der Waals surface area contributed by atoms with Crippen LogP contribution in [0.2, 0.25) is 0 Å². The van der Waals surface area contributed by atoms with Crippen molar-refractivity contribution in [1.82, 2.24) is 0 Å². The number of ether oxygens (including phenoxy) is 3. The second-order valence-electron chi connectivity index (χ2n) is 18.8. The quantitative estimate of drug-likeness (QED) is 0.0751. The standard InChI is InChI=1S/C50H71NO5/c1-8-9-10-11-31-55-45-25-15-36(32-46(45)54-7)16-26-47(52)51-39-20-17-37(18-21-39)48(53)56-40-27-29-49(5)38(33-40)19-22-41-43-24-23-42(35(4)14-12-13-34(2)3)50(43,6)30-28-44(41)49/h15-21,25-26,32,34-35,40-44H,8-14,22-24,27-31,33H2,1-7H3,(H,51,52)/b26-16+/t35-,40?,41+,42-,43+,44+,49+,50-/m1/s1. The number of esters is 1. The van der Waals surface area contributed by atoms with E-state index in [0.717, 1.165) is 73.2 Å². The molecule has 3 saturated carbocycles. The average molecular weight is 766 g/mol. The number of unbranched alkanes of at least 4 members (excludes halogenated alkanes) is 3. The lowest BCUT2D eigenvalue weighted by Crippen LogP contribution is -2.51. The monoisotopic (exact) mass is 766 g/mol. The first-order chi connectivity index (χ1) is 26.9. The normalized spacial score (nSPS) is 28.9. The van der Waals surface area contributed by atoms with Gasteiger partial charge in [0, 0.05) is 18.2 Å². The number of nitrogens with one attached hydrogen (secondary N) is 1. The molecule has 0 aromatic heterocycles. The molecule has 6 nitrogen and oxygen atoms in total. The van der Waals surface area contributed by atoms with Crippen LogP contribution >= 0.6 is 0 Å². The predicted octanol–water partition coefficient (Wildman–Crippen LogP) is 12.9. The van der Waals surface area contributed by atoms with Gasteiger partial charge < -0.3 is 19.5 Å². The van der Waals surface area contributed by atoms with Crippen LogP contribution in [-0.2, 0) is 9.53 Å². The van der Waals surface area contributed by atoms with Crippen molar-refractivity contribution in [2.75, 3.05) is 19.0 Å². The molecule has 2 aromatic carbocycles. The Hall–Kier alpha value is -3.54. The molecule has 1 amide bonds. The zero-order valence-electron chi connectivity index (χ0n) is 35.7. The maximum atomic E-state index is 13.3. The Morgan fingerprint density at radius 1 is 0.893 bits per heavy atom. The topological polar surface area (TPSA) is 73.9 Å². The van der Waals surface area contributed by atoms with Crippen molar-refractivity contribution in [2.24, 2.45) is 46.3 Å². The molecule has 8 atom stereocenters. The van der Waals surface area contributed by atoms with Crippen LogP contribution in [0.15, 0.2) is 60.2 Å². The summed E-state index contributed by atoms with van der Waals surface area (Å²) in [6.07, 6.45) is 24.0. The van der Waals surface area contributed by atoms with Crippen LogP contribution in [-0.4, -0.2) is 31.7 Å². The molecule has 56 heavy (non-hydrogen) atoms. The van der Waals surface area contributed by atoms with Gasteiger partial charge in [-0.05, 0) is 146 Å². The number of fused-ring (bicyclic) bond motifs is 5. The van der Waals surface area contributed by atoms with E-state index in [2.05, 4.69) is 52.9 Å². The first-order valence-corrected chi connectivity index (χ1v) is 22.3. The molecule has 4 aliphatic carbocycles. The van der Waals surface area contributed by atoms with E-state index in [1.165, 1.54) is 75.9 Å². The van der Waals surface area contributed by atoms with E-state index in [1.54, 1.807) is 37.5 Å². The highest BCUT2D eigenvalue weighted by atomic mass is 16.5. The van der Waals surface area contributed by atoms with Crippen LogP contribution in [0, 0.1) is 46.3 Å². The summed E-state index contributed by atoms with van der Waals surface area (Å²) < 4.78 is 17.6. The Balaban J connectivity index is 0.986. The van der Waals surface area contributed by atoms with Crippen molar-refractivity contribution < 1.29 is 23.8 Å². The van der Waals surface area contributed by atoms with Gasteiger partial charge in [0.05, 0.1) is 19.3 Å². The second-order valence-corrected chi connectivity index (χ2v) is 18.8. The number of anilines is 1. The fourth-order valence-corrected chi connectivity index (χ4v) is 11.6. The summed E-state index contributed by atoms with van der Waals surface area (Å²) in [4.78, 5) is 26.1. The molecular weight excluding hydrogens is 695 g/mol. The van der Waals surface area contributed by atoms with Gasteiger partial charge in [-0.15, -0.1) is 0 Å². The summed E-state index contributed by atoms with van der Waals surface area (Å²) >= 11 is 0. The number of carbonyl (C=O) groups is 2. The van der Waals surface area contributed by atoms with Crippen molar-refractivity contribution in [1.29, 1.82) is 0 Å². The van der Waals surface area contributed by atoms with Gasteiger partial charge in [0.15, 0.2) is 11.5 Å². The fraction of sp³-hybridized carbons (Fsp3) is 0.640. The number of allylic oxidation sites excluding steroid dienone is 1. The maximum Gasteiger partial charge on any atom is 0.338 e. The van der Waals surface area contributed by atoms with Crippen LogP contribution in [0.1, 0.15) is 154 Å². The Labute approximate surface area is 338 Å². The summed E-state index contributed by atoms with van der Waals surface area (Å²) in [5.74, 6) is 5.70. The molecule has 1 unspecified atom stereocenters. The summed E-state index contributed by atoms with van der Waals surface area (Å²) in [7, 11) is 1.62. The highest BCUT2D eigenvalue weighted by Gasteiger charge is 2.59. The Morgan fingerprint density at radius 2 is 1.70 bits per heavy atom. The number of hydrogen-bond donors (Lipinski definition) is 1. The van der Waals surface area contributed by atoms with Crippen molar-refractivity contribution in [3.8, 4) is 11.5 Å². The average Bonchev–Trinajstić information content (AvgIpc) is 3.55. The lowest BCUT2D eigenvalue weighted by molar-refractivity contribution is -0.111. The number of hydrogen-bond acceptors (Lipinski definition) is 5. The molecule has 6 rings (SSSR count). The summed E-state index contributed by atoms with van der Waals surface area (Å²) in [5.41, 5.74) is 4.21. The Kier molecular flexibility index (Phi) is 14.1. The fourth-order valence-electron chi connectivity index (χ4n) is 11.6. The number of rotatable bonds is 17. The van der Waals surface area contributed by atoms with E-state index in [4.69, 9.17) is 14.2 Å². The Bertz CT molecular complexity index is 1690. The van der Waals surface area contributed by atoms with Crippen LogP contribution in [0.4, 0.5) is 5.69 Å². The molecule has 6 heteroatoms. The molecule has 2 aromatic rings. The maximum absolute atomic E-state index is 13.3. The first-order valence-electron chi connectivity index (χ1n) is 22.3. The molecule has 0 heterocycles. The molecular formula is C50H71NO5. The summed E-state index contributed by atoms with van der Waals surface area (Å²) in [5, 5.41) is 2.90. The Morgan fingerprint density at radius 3 is 2.45 bits per heavy atom. The van der Waals surface area contributed by atoms with Crippen molar-refractivity contribution >= 4 is 23.6 Å². The van der Waals surface area contributed by atoms with Crippen molar-refractivity contribution in [2.45, 2.75) is 144 Å². The van der Waals surface area contributed by atoms with Crippen molar-refractivity contribution in [3.63, 3.8) is 0 Å². The van der Waals surface area contributed by atoms with Gasteiger partial charge in [0.2, 0.25) is 5.91 Å². The minimum Gasteiger partial charge on any atom is -0.493 e. The molecule has 0 radical (unpaired) electrons. The molecule has 4 aliphatic rings. The highest BCUT2D eigenvalue weighted by molar-refractivity contribution is 6.02. The third-order valence-corrected chi connectivity index (χ3v) is 14.8. The van der Waals surface area contributed by atoms with Crippen LogP contribution in [0.25, 0.3) is 6.08 Å². The zero-order valence-corrected chi connectivity index (χ0v) is 35.7. The molecule has 1 N–H and O–H groups in total. The van der Waals surface area contributed by atoms with Crippen LogP contribution in [0.5, 0.6) is 11.5 Å². The summed E-state index contributed by atoms with van der Waals surface area (Å²) in [6, 6.07) is 12.7. The van der Waals surface area contributed by atoms with Gasteiger partial charge in [-0.1, -0.05) is 97.8 Å². The minimum absolute atomic E-state index is 0.0932. The lowest BCUT2D eigenvalue weighted by atomic mass is 9.47.